The largest absolute Gasteiger partial charge is 0.385 e. The molecule has 6 nitrogen and oxygen atoms in total. The summed E-state index contributed by atoms with van der Waals surface area (Å²) in [6.07, 6.45) is 0.696. The maximum atomic E-state index is 12.9. The van der Waals surface area contributed by atoms with Crippen LogP contribution in [0.1, 0.15) is 24.9 Å². The summed E-state index contributed by atoms with van der Waals surface area (Å²) in [5.74, 6) is 0.0869. The molecule has 152 valence electrons. The molecule has 1 amide bonds. The normalized spacial score (nSPS) is 12.1. The second kappa shape index (κ2) is 10.2. The van der Waals surface area contributed by atoms with Crippen molar-refractivity contribution in [3.8, 4) is 0 Å². The average molecular weight is 412 g/mol. The van der Waals surface area contributed by atoms with E-state index in [1.807, 2.05) is 55.5 Å². The molecule has 7 heteroatoms. The molecule has 29 heavy (non-hydrogen) atoms. The van der Waals surface area contributed by atoms with Gasteiger partial charge in [0.05, 0.1) is 22.7 Å². The molecule has 3 rings (SSSR count). The lowest BCUT2D eigenvalue weighted by Gasteiger charge is -2.15. The van der Waals surface area contributed by atoms with Crippen molar-refractivity contribution in [2.24, 2.45) is 0 Å². The van der Waals surface area contributed by atoms with E-state index < -0.39 is 0 Å². The first-order valence-corrected chi connectivity index (χ1v) is 10.5. The number of hydrogen-bond acceptors (Lipinski definition) is 5. The molecule has 3 aromatic rings. The number of amides is 1. The van der Waals surface area contributed by atoms with E-state index in [1.54, 1.807) is 17.7 Å². The second-order valence-electron chi connectivity index (χ2n) is 6.70. The highest BCUT2D eigenvalue weighted by Gasteiger charge is 2.14. The number of hydrogen-bond donors (Lipinski definition) is 1. The van der Waals surface area contributed by atoms with E-state index >= 15 is 0 Å². The molecule has 1 atom stereocenters. The number of carbonyl (C=O) groups excluding carboxylic acids is 1. The SMILES string of the molecule is COCCCn1c(SCC(=O)N[C@H](C)c2ccccc2)nc2ccccc2c1=O. The lowest BCUT2D eigenvalue weighted by Crippen LogP contribution is -2.29. The molecule has 0 radical (unpaired) electrons. The van der Waals surface area contributed by atoms with Gasteiger partial charge in [0.15, 0.2) is 5.16 Å². The van der Waals surface area contributed by atoms with Crippen LogP contribution in [-0.2, 0) is 16.1 Å². The van der Waals surface area contributed by atoms with Gasteiger partial charge in [0, 0.05) is 20.3 Å². The molecule has 0 aliphatic carbocycles. The van der Waals surface area contributed by atoms with E-state index in [9.17, 15) is 9.59 Å². The number of benzene rings is 2. The number of nitrogens with one attached hydrogen (secondary N) is 1. The first kappa shape index (κ1) is 21.1. The predicted octanol–water partition coefficient (Wildman–Crippen LogP) is 3.40. The van der Waals surface area contributed by atoms with E-state index in [-0.39, 0.29) is 23.3 Å². The van der Waals surface area contributed by atoms with Gasteiger partial charge >= 0.3 is 0 Å². The fraction of sp³-hybridized carbons (Fsp3) is 0.318. The van der Waals surface area contributed by atoms with Crippen LogP contribution in [0, 0.1) is 0 Å². The fourth-order valence-corrected chi connectivity index (χ4v) is 3.90. The predicted molar refractivity (Wildman–Crippen MR) is 116 cm³/mol. The second-order valence-corrected chi connectivity index (χ2v) is 7.65. The quantitative estimate of drug-likeness (QED) is 0.332. The molecule has 0 aliphatic rings. The van der Waals surface area contributed by atoms with E-state index in [1.165, 1.54) is 11.8 Å². The van der Waals surface area contributed by atoms with E-state index in [0.29, 0.717) is 35.6 Å². The van der Waals surface area contributed by atoms with Crippen LogP contribution in [0.4, 0.5) is 0 Å². The van der Waals surface area contributed by atoms with Crippen molar-refractivity contribution < 1.29 is 9.53 Å². The number of carbonyl (C=O) groups is 1. The summed E-state index contributed by atoms with van der Waals surface area (Å²) in [6.45, 7) is 3.00. The lowest BCUT2D eigenvalue weighted by atomic mass is 10.1. The van der Waals surface area contributed by atoms with Crippen LogP contribution in [0.25, 0.3) is 10.9 Å². The Morgan fingerprint density at radius 3 is 2.66 bits per heavy atom. The Labute approximate surface area is 174 Å². The number of fused-ring (bicyclic) bond motifs is 1. The van der Waals surface area contributed by atoms with Gasteiger partial charge in [-0.2, -0.15) is 0 Å². The first-order chi connectivity index (χ1) is 14.1. The molecule has 0 fully saturated rings. The number of thioether (sulfide) groups is 1. The molecule has 0 saturated heterocycles. The van der Waals surface area contributed by atoms with Gasteiger partial charge in [0.25, 0.3) is 5.56 Å². The van der Waals surface area contributed by atoms with Crippen molar-refractivity contribution in [2.75, 3.05) is 19.5 Å². The van der Waals surface area contributed by atoms with Gasteiger partial charge in [-0.25, -0.2) is 4.98 Å². The third-order valence-electron chi connectivity index (χ3n) is 4.57. The summed E-state index contributed by atoms with van der Waals surface area (Å²) in [5, 5.41) is 4.12. The molecule has 1 heterocycles. The molecule has 0 saturated carbocycles. The summed E-state index contributed by atoms with van der Waals surface area (Å²) in [6, 6.07) is 17.0. The van der Waals surface area contributed by atoms with Crippen molar-refractivity contribution >= 4 is 28.6 Å². The van der Waals surface area contributed by atoms with E-state index in [4.69, 9.17) is 4.74 Å². The van der Waals surface area contributed by atoms with Crippen molar-refractivity contribution in [1.82, 2.24) is 14.9 Å². The van der Waals surface area contributed by atoms with Gasteiger partial charge in [-0.15, -0.1) is 0 Å². The highest BCUT2D eigenvalue weighted by atomic mass is 32.2. The lowest BCUT2D eigenvalue weighted by molar-refractivity contribution is -0.119. The minimum atomic E-state index is -0.0998. The summed E-state index contributed by atoms with van der Waals surface area (Å²) in [5.41, 5.74) is 1.60. The van der Waals surface area contributed by atoms with Gasteiger partial charge < -0.3 is 10.1 Å². The van der Waals surface area contributed by atoms with Crippen molar-refractivity contribution in [1.29, 1.82) is 0 Å². The Bertz CT molecular complexity index is 1020. The van der Waals surface area contributed by atoms with Crippen LogP contribution in [0.3, 0.4) is 0 Å². The monoisotopic (exact) mass is 411 g/mol. The molecular formula is C22H25N3O3S. The summed E-state index contributed by atoms with van der Waals surface area (Å²) < 4.78 is 6.75. The van der Waals surface area contributed by atoms with Crippen LogP contribution in [-0.4, -0.2) is 34.9 Å². The van der Waals surface area contributed by atoms with Crippen molar-refractivity contribution in [3.63, 3.8) is 0 Å². The molecule has 0 unspecified atom stereocenters. The highest BCUT2D eigenvalue weighted by molar-refractivity contribution is 7.99. The smallest absolute Gasteiger partial charge is 0.262 e. The molecular weight excluding hydrogens is 386 g/mol. The standard InChI is InChI=1S/C22H25N3O3S/c1-16(17-9-4-3-5-10-17)23-20(26)15-29-22-24-19-12-7-6-11-18(19)21(27)25(22)13-8-14-28-2/h3-7,9-12,16H,8,13-15H2,1-2H3,(H,23,26)/t16-/m1/s1. The first-order valence-electron chi connectivity index (χ1n) is 9.55. The number of nitrogens with zero attached hydrogens (tertiary/aromatic N) is 2. The number of rotatable bonds is 9. The third-order valence-corrected chi connectivity index (χ3v) is 5.54. The highest BCUT2D eigenvalue weighted by Crippen LogP contribution is 2.19. The average Bonchev–Trinajstić information content (AvgIpc) is 2.74. The number of ether oxygens (including phenoxy) is 1. The Morgan fingerprint density at radius 2 is 1.90 bits per heavy atom. The Morgan fingerprint density at radius 1 is 1.17 bits per heavy atom. The minimum absolute atomic E-state index is 0.0854. The Hall–Kier alpha value is -2.64. The van der Waals surface area contributed by atoms with E-state index in [0.717, 1.165) is 5.56 Å². The van der Waals surface area contributed by atoms with E-state index in [2.05, 4.69) is 10.3 Å². The van der Waals surface area contributed by atoms with Gasteiger partial charge in [-0.1, -0.05) is 54.2 Å². The number of methoxy groups -OCH3 is 1. The van der Waals surface area contributed by atoms with Crippen molar-refractivity contribution in [2.45, 2.75) is 31.1 Å². The number of para-hydroxylation sites is 1. The van der Waals surface area contributed by atoms with Crippen LogP contribution in [0.5, 0.6) is 0 Å². The van der Waals surface area contributed by atoms with Gasteiger partial charge in [0.2, 0.25) is 5.91 Å². The van der Waals surface area contributed by atoms with Gasteiger partial charge in [0.1, 0.15) is 0 Å². The molecule has 0 spiro atoms. The molecule has 1 aromatic heterocycles. The fourth-order valence-electron chi connectivity index (χ4n) is 3.06. The van der Waals surface area contributed by atoms with Gasteiger partial charge in [-0.3, -0.25) is 14.2 Å². The zero-order chi connectivity index (χ0) is 20.6. The molecule has 0 aliphatic heterocycles. The molecule has 2 aromatic carbocycles. The maximum Gasteiger partial charge on any atom is 0.262 e. The molecule has 1 N–H and O–H groups in total. The van der Waals surface area contributed by atoms with Crippen LogP contribution >= 0.6 is 11.8 Å². The topological polar surface area (TPSA) is 73.2 Å². The Balaban J connectivity index is 1.75. The summed E-state index contributed by atoms with van der Waals surface area (Å²) >= 11 is 1.28. The van der Waals surface area contributed by atoms with Crippen LogP contribution in [0.15, 0.2) is 64.5 Å². The zero-order valence-electron chi connectivity index (χ0n) is 16.6. The molecule has 0 bridgehead atoms. The Kier molecular flexibility index (Phi) is 7.43. The zero-order valence-corrected chi connectivity index (χ0v) is 17.4. The third kappa shape index (κ3) is 5.46. The summed E-state index contributed by atoms with van der Waals surface area (Å²) in [4.78, 5) is 30.0. The maximum absolute atomic E-state index is 12.9. The number of aromatic nitrogens is 2. The van der Waals surface area contributed by atoms with Gasteiger partial charge in [-0.05, 0) is 31.0 Å². The summed E-state index contributed by atoms with van der Waals surface area (Å²) in [7, 11) is 1.63. The minimum Gasteiger partial charge on any atom is -0.385 e. The van der Waals surface area contributed by atoms with Crippen LogP contribution < -0.4 is 10.9 Å². The van der Waals surface area contributed by atoms with Crippen LogP contribution in [0.2, 0.25) is 0 Å². The van der Waals surface area contributed by atoms with Crippen molar-refractivity contribution in [3.05, 3.63) is 70.5 Å².